The molecule has 2 saturated carbocycles. The van der Waals surface area contributed by atoms with Gasteiger partial charge in [0.1, 0.15) is 5.60 Å². The van der Waals surface area contributed by atoms with Crippen molar-refractivity contribution < 1.29 is 14.6 Å². The SMILES string of the molecule is CC=CC(C)(C(C)(O)CC)C(C)(OO[SiH2]C(C)(C)C)C1CCC2CCCCC21C. The van der Waals surface area contributed by atoms with Gasteiger partial charge < -0.3 is 5.11 Å². The zero-order valence-electron chi connectivity index (χ0n) is 20.7. The summed E-state index contributed by atoms with van der Waals surface area (Å²) in [6.07, 6.45) is 12.7. The maximum Gasteiger partial charge on any atom is 0.214 e. The van der Waals surface area contributed by atoms with Crippen molar-refractivity contribution in [3.8, 4) is 0 Å². The lowest BCUT2D eigenvalue weighted by atomic mass is 9.52. The van der Waals surface area contributed by atoms with Crippen LogP contribution in [-0.2, 0) is 9.46 Å². The van der Waals surface area contributed by atoms with E-state index in [1.807, 2.05) is 6.92 Å². The van der Waals surface area contributed by atoms with Gasteiger partial charge in [-0.1, -0.05) is 66.5 Å². The van der Waals surface area contributed by atoms with Crippen molar-refractivity contribution in [2.24, 2.45) is 22.7 Å². The Morgan fingerprint density at radius 2 is 1.72 bits per heavy atom. The maximum atomic E-state index is 11.6. The highest BCUT2D eigenvalue weighted by Crippen LogP contribution is 2.64. The molecular weight excluding hydrogens is 376 g/mol. The summed E-state index contributed by atoms with van der Waals surface area (Å²) in [5.41, 5.74) is -1.76. The van der Waals surface area contributed by atoms with E-state index in [2.05, 4.69) is 67.5 Å². The second-order valence-corrected chi connectivity index (χ2v) is 14.6. The van der Waals surface area contributed by atoms with Crippen LogP contribution in [0.2, 0.25) is 5.04 Å². The average Bonchev–Trinajstić information content (AvgIpc) is 2.97. The fourth-order valence-corrected chi connectivity index (χ4v) is 7.04. The molecule has 0 spiro atoms. The van der Waals surface area contributed by atoms with Gasteiger partial charge >= 0.3 is 0 Å². The Bertz CT molecular complexity index is 581. The highest BCUT2D eigenvalue weighted by atomic mass is 28.2. The van der Waals surface area contributed by atoms with E-state index in [9.17, 15) is 5.11 Å². The Balaban J connectivity index is 2.53. The van der Waals surface area contributed by atoms with Crippen LogP contribution < -0.4 is 0 Å². The summed E-state index contributed by atoms with van der Waals surface area (Å²) in [7, 11) is -0.854. The summed E-state index contributed by atoms with van der Waals surface area (Å²) < 4.78 is 6.13. The largest absolute Gasteiger partial charge is 0.389 e. The zero-order valence-corrected chi connectivity index (χ0v) is 22.1. The average molecular weight is 425 g/mol. The standard InChI is InChI=1S/C25H48O3Si/c1-10-17-23(7,24(8,26)11-2)25(9,27-28-29-21(3,4)5)20-16-15-19-14-12-13-18-22(19,20)6/h10,17,19-20,26H,11-16,18,29H2,1-9H3. The lowest BCUT2D eigenvalue weighted by Crippen LogP contribution is -2.63. The first-order chi connectivity index (χ1) is 13.3. The van der Waals surface area contributed by atoms with Crippen LogP contribution >= 0.6 is 0 Å². The van der Waals surface area contributed by atoms with E-state index in [1.54, 1.807) is 0 Å². The van der Waals surface area contributed by atoms with Crippen LogP contribution in [0.3, 0.4) is 0 Å². The van der Waals surface area contributed by atoms with Crippen molar-refractivity contribution in [3.05, 3.63) is 12.2 Å². The molecule has 3 nitrogen and oxygen atoms in total. The quantitative estimate of drug-likeness (QED) is 0.214. The van der Waals surface area contributed by atoms with E-state index in [0.717, 1.165) is 12.3 Å². The number of hydrogen-bond donors (Lipinski definition) is 1. The van der Waals surface area contributed by atoms with Crippen LogP contribution in [0.25, 0.3) is 0 Å². The van der Waals surface area contributed by atoms with Crippen molar-refractivity contribution in [3.63, 3.8) is 0 Å². The van der Waals surface area contributed by atoms with E-state index in [-0.39, 0.29) is 10.5 Å². The number of hydrogen-bond acceptors (Lipinski definition) is 3. The molecule has 0 aromatic carbocycles. The molecular formula is C25H48O3Si. The Labute approximate surface area is 182 Å². The molecule has 0 heterocycles. The Morgan fingerprint density at radius 3 is 2.28 bits per heavy atom. The summed E-state index contributed by atoms with van der Waals surface area (Å²) >= 11 is 0. The van der Waals surface area contributed by atoms with E-state index in [1.165, 1.54) is 32.1 Å². The third kappa shape index (κ3) is 4.56. The van der Waals surface area contributed by atoms with Gasteiger partial charge in [-0.3, -0.25) is 4.58 Å². The highest BCUT2D eigenvalue weighted by Gasteiger charge is 2.64. The van der Waals surface area contributed by atoms with Gasteiger partial charge in [0, 0.05) is 5.41 Å². The van der Waals surface area contributed by atoms with Crippen LogP contribution in [0.5, 0.6) is 0 Å². The summed E-state index contributed by atoms with van der Waals surface area (Å²) in [4.78, 5) is 6.56. The topological polar surface area (TPSA) is 38.7 Å². The summed E-state index contributed by atoms with van der Waals surface area (Å²) in [6.45, 7) is 19.7. The van der Waals surface area contributed by atoms with Gasteiger partial charge in [0.05, 0.1) is 5.60 Å². The van der Waals surface area contributed by atoms with Crippen LogP contribution in [0.15, 0.2) is 12.2 Å². The number of allylic oxidation sites excluding steroid dienone is 1. The molecule has 4 heteroatoms. The molecule has 0 radical (unpaired) electrons. The van der Waals surface area contributed by atoms with Gasteiger partial charge in [-0.25, -0.2) is 4.89 Å². The minimum Gasteiger partial charge on any atom is -0.389 e. The molecule has 0 amide bonds. The molecule has 2 rings (SSSR count). The van der Waals surface area contributed by atoms with Crippen molar-refractivity contribution in [2.45, 2.75) is 123 Å². The van der Waals surface area contributed by atoms with Crippen molar-refractivity contribution in [2.75, 3.05) is 0 Å². The predicted octanol–water partition coefficient (Wildman–Crippen LogP) is 6.35. The molecule has 2 aliphatic carbocycles. The molecule has 0 aliphatic heterocycles. The van der Waals surface area contributed by atoms with Gasteiger partial charge in [-0.05, 0) is 75.2 Å². The predicted molar refractivity (Wildman–Crippen MR) is 125 cm³/mol. The molecule has 0 bridgehead atoms. The maximum absolute atomic E-state index is 11.6. The normalized spacial score (nSPS) is 34.8. The number of fused-ring (bicyclic) bond motifs is 1. The fraction of sp³-hybridized carbons (Fsp3) is 0.920. The van der Waals surface area contributed by atoms with Crippen LogP contribution in [0, 0.1) is 22.7 Å². The second kappa shape index (κ2) is 8.76. The molecule has 2 aliphatic rings. The highest BCUT2D eigenvalue weighted by molar-refractivity contribution is 6.31. The van der Waals surface area contributed by atoms with E-state index in [4.69, 9.17) is 9.46 Å². The second-order valence-electron chi connectivity index (χ2n) is 11.9. The first-order valence-corrected chi connectivity index (χ1v) is 13.2. The van der Waals surface area contributed by atoms with E-state index < -0.39 is 26.4 Å². The minimum absolute atomic E-state index is 0.165. The van der Waals surface area contributed by atoms with Crippen LogP contribution in [0.1, 0.15) is 107 Å². The smallest absolute Gasteiger partial charge is 0.214 e. The van der Waals surface area contributed by atoms with E-state index in [0.29, 0.717) is 12.3 Å². The van der Waals surface area contributed by atoms with Gasteiger partial charge in [0.25, 0.3) is 0 Å². The van der Waals surface area contributed by atoms with Crippen molar-refractivity contribution in [1.82, 2.24) is 0 Å². The van der Waals surface area contributed by atoms with Crippen LogP contribution in [-0.4, -0.2) is 26.1 Å². The fourth-order valence-electron chi connectivity index (χ4n) is 6.38. The molecule has 2 fully saturated rings. The molecule has 0 aromatic rings. The Kier molecular flexibility index (Phi) is 7.58. The van der Waals surface area contributed by atoms with Crippen molar-refractivity contribution in [1.29, 1.82) is 0 Å². The molecule has 29 heavy (non-hydrogen) atoms. The minimum atomic E-state index is -0.885. The first-order valence-electron chi connectivity index (χ1n) is 11.9. The summed E-state index contributed by atoms with van der Waals surface area (Å²) in [5, 5.41) is 11.8. The van der Waals surface area contributed by atoms with Gasteiger partial charge in [-0.15, -0.1) is 0 Å². The van der Waals surface area contributed by atoms with Gasteiger partial charge in [0.15, 0.2) is 0 Å². The molecule has 0 aromatic heterocycles. The molecule has 0 saturated heterocycles. The number of rotatable bonds is 8. The lowest BCUT2D eigenvalue weighted by Gasteiger charge is -2.58. The molecule has 170 valence electrons. The lowest BCUT2D eigenvalue weighted by molar-refractivity contribution is -0.358. The third-order valence-electron chi connectivity index (χ3n) is 8.78. The third-order valence-corrected chi connectivity index (χ3v) is 9.88. The van der Waals surface area contributed by atoms with Gasteiger partial charge in [0.2, 0.25) is 9.76 Å². The van der Waals surface area contributed by atoms with Gasteiger partial charge in [-0.2, -0.15) is 0 Å². The summed E-state index contributed by atoms with van der Waals surface area (Å²) in [5.74, 6) is 1.14. The molecule has 6 unspecified atom stereocenters. The Morgan fingerprint density at radius 1 is 1.07 bits per heavy atom. The zero-order chi connectivity index (χ0) is 22.1. The monoisotopic (exact) mass is 424 g/mol. The van der Waals surface area contributed by atoms with E-state index >= 15 is 0 Å². The Hall–Kier alpha value is -0.163. The molecule has 6 atom stereocenters. The van der Waals surface area contributed by atoms with Crippen molar-refractivity contribution >= 4 is 9.76 Å². The molecule has 1 N–H and O–H groups in total. The summed E-state index contributed by atoms with van der Waals surface area (Å²) in [6, 6.07) is 0. The number of aliphatic hydroxyl groups is 1. The van der Waals surface area contributed by atoms with Crippen LogP contribution in [0.4, 0.5) is 0 Å². The first kappa shape index (κ1) is 25.1.